The highest BCUT2D eigenvalue weighted by molar-refractivity contribution is 5.88. The van der Waals surface area contributed by atoms with Crippen LogP contribution in [0.1, 0.15) is 43.9 Å². The van der Waals surface area contributed by atoms with Gasteiger partial charge in [-0.1, -0.05) is 19.1 Å². The Morgan fingerprint density at radius 2 is 2.09 bits per heavy atom. The van der Waals surface area contributed by atoms with Gasteiger partial charge in [0.05, 0.1) is 5.39 Å². The van der Waals surface area contributed by atoms with E-state index in [0.717, 1.165) is 17.4 Å². The molecule has 3 heterocycles. The minimum atomic E-state index is -0.629. The van der Waals surface area contributed by atoms with Gasteiger partial charge in [0.25, 0.3) is 0 Å². The van der Waals surface area contributed by atoms with E-state index in [4.69, 9.17) is 13.9 Å². The van der Waals surface area contributed by atoms with Gasteiger partial charge in [-0.3, -0.25) is 0 Å². The fourth-order valence-electron chi connectivity index (χ4n) is 5.07. The summed E-state index contributed by atoms with van der Waals surface area (Å²) in [4.78, 5) is 12.6. The van der Waals surface area contributed by atoms with Crippen LogP contribution in [0.3, 0.4) is 0 Å². The van der Waals surface area contributed by atoms with Crippen molar-refractivity contribution in [3.05, 3.63) is 39.7 Å². The molecule has 5 atom stereocenters. The van der Waals surface area contributed by atoms with Gasteiger partial charge in [0.2, 0.25) is 5.79 Å². The minimum Gasteiger partial charge on any atom is -0.461 e. The zero-order chi connectivity index (χ0) is 15.9. The van der Waals surface area contributed by atoms with E-state index in [9.17, 15) is 4.79 Å². The van der Waals surface area contributed by atoms with Gasteiger partial charge in [-0.05, 0) is 37.3 Å². The van der Waals surface area contributed by atoms with Crippen molar-refractivity contribution in [1.29, 1.82) is 0 Å². The first kappa shape index (κ1) is 13.6. The molecule has 120 valence electrons. The molecule has 5 rings (SSSR count). The van der Waals surface area contributed by atoms with Crippen LogP contribution in [0.15, 0.2) is 27.4 Å². The average molecular weight is 312 g/mol. The van der Waals surface area contributed by atoms with Crippen LogP contribution in [0.5, 0.6) is 5.75 Å². The number of benzene rings is 1. The Kier molecular flexibility index (Phi) is 2.47. The van der Waals surface area contributed by atoms with Crippen LogP contribution >= 0.6 is 0 Å². The maximum atomic E-state index is 12.6. The van der Waals surface area contributed by atoms with Crippen molar-refractivity contribution in [3.63, 3.8) is 0 Å². The third kappa shape index (κ3) is 1.57. The number of hydrogen-bond acceptors (Lipinski definition) is 4. The highest BCUT2D eigenvalue weighted by atomic mass is 16.7. The van der Waals surface area contributed by atoms with Crippen LogP contribution in [-0.4, -0.2) is 5.79 Å². The molecule has 4 nitrogen and oxygen atoms in total. The van der Waals surface area contributed by atoms with Crippen molar-refractivity contribution in [2.24, 2.45) is 17.8 Å². The number of aryl methyl sites for hydroxylation is 1. The van der Waals surface area contributed by atoms with Crippen LogP contribution in [0.25, 0.3) is 11.0 Å². The quantitative estimate of drug-likeness (QED) is 0.691. The smallest absolute Gasteiger partial charge is 0.345 e. The Labute approximate surface area is 134 Å². The van der Waals surface area contributed by atoms with Crippen molar-refractivity contribution >= 4 is 11.0 Å². The molecule has 1 aromatic carbocycles. The number of hydrogen-bond donors (Lipinski definition) is 0. The van der Waals surface area contributed by atoms with Gasteiger partial charge in [0.1, 0.15) is 23.0 Å². The van der Waals surface area contributed by atoms with Crippen molar-refractivity contribution in [1.82, 2.24) is 0 Å². The first-order valence-corrected chi connectivity index (χ1v) is 8.43. The monoisotopic (exact) mass is 312 g/mol. The predicted molar refractivity (Wildman–Crippen MR) is 85.5 cm³/mol. The molecule has 0 N–H and O–H groups in total. The van der Waals surface area contributed by atoms with Crippen LogP contribution in [0, 0.1) is 24.7 Å². The third-order valence-corrected chi connectivity index (χ3v) is 6.16. The van der Waals surface area contributed by atoms with Gasteiger partial charge >= 0.3 is 5.63 Å². The second kappa shape index (κ2) is 4.18. The maximum absolute atomic E-state index is 12.6. The molecule has 0 amide bonds. The molecule has 3 aliphatic rings. The zero-order valence-electron chi connectivity index (χ0n) is 13.6. The summed E-state index contributed by atoms with van der Waals surface area (Å²) in [6, 6.07) is 5.76. The largest absolute Gasteiger partial charge is 0.461 e. The summed E-state index contributed by atoms with van der Waals surface area (Å²) in [6.45, 7) is 6.31. The molecular formula is C19H20O4. The van der Waals surface area contributed by atoms with E-state index in [0.29, 0.717) is 34.6 Å². The van der Waals surface area contributed by atoms with Gasteiger partial charge in [0, 0.05) is 18.8 Å². The van der Waals surface area contributed by atoms with E-state index in [2.05, 4.69) is 6.92 Å². The number of rotatable bonds is 0. The molecule has 2 aliphatic heterocycles. The fraction of sp³-hybridized carbons (Fsp3) is 0.526. The number of ether oxygens (including phenoxy) is 2. The molecule has 1 saturated heterocycles. The molecule has 0 radical (unpaired) electrons. The lowest BCUT2D eigenvalue weighted by Gasteiger charge is -2.35. The van der Waals surface area contributed by atoms with Gasteiger partial charge in [-0.25, -0.2) is 4.79 Å². The van der Waals surface area contributed by atoms with Crippen molar-refractivity contribution in [3.8, 4) is 5.75 Å². The second-order valence-electron chi connectivity index (χ2n) is 7.48. The maximum Gasteiger partial charge on any atom is 0.345 e. The highest BCUT2D eigenvalue weighted by Gasteiger charge is 2.62. The molecule has 23 heavy (non-hydrogen) atoms. The lowest BCUT2D eigenvalue weighted by Crippen LogP contribution is -2.41. The fourth-order valence-corrected chi connectivity index (χ4v) is 5.07. The number of fused-ring (bicyclic) bond motifs is 9. The third-order valence-electron chi connectivity index (χ3n) is 6.16. The van der Waals surface area contributed by atoms with Crippen LogP contribution in [0.2, 0.25) is 0 Å². The van der Waals surface area contributed by atoms with E-state index in [1.807, 2.05) is 32.0 Å². The molecule has 1 aromatic heterocycles. The predicted octanol–water partition coefficient (Wildman–Crippen LogP) is 3.94. The van der Waals surface area contributed by atoms with Crippen LogP contribution in [0.4, 0.5) is 0 Å². The molecule has 4 heteroatoms. The molecule has 1 aliphatic carbocycles. The zero-order valence-corrected chi connectivity index (χ0v) is 13.6. The molecule has 1 unspecified atom stereocenters. The van der Waals surface area contributed by atoms with Crippen LogP contribution in [-0.2, 0) is 4.74 Å². The summed E-state index contributed by atoms with van der Waals surface area (Å²) >= 11 is 0. The van der Waals surface area contributed by atoms with E-state index >= 15 is 0 Å². The molecule has 2 fully saturated rings. The van der Waals surface area contributed by atoms with E-state index in [-0.39, 0.29) is 11.7 Å². The first-order valence-electron chi connectivity index (χ1n) is 8.43. The summed E-state index contributed by atoms with van der Waals surface area (Å²) in [7, 11) is 0. The Morgan fingerprint density at radius 1 is 1.26 bits per heavy atom. The Balaban J connectivity index is 1.85. The molecule has 2 bridgehead atoms. The van der Waals surface area contributed by atoms with E-state index < -0.39 is 5.79 Å². The van der Waals surface area contributed by atoms with Gasteiger partial charge in [-0.2, -0.15) is 0 Å². The van der Waals surface area contributed by atoms with Crippen LogP contribution < -0.4 is 10.4 Å². The average Bonchev–Trinajstić information content (AvgIpc) is 2.97. The van der Waals surface area contributed by atoms with Crippen molar-refractivity contribution in [2.45, 2.75) is 45.5 Å². The summed E-state index contributed by atoms with van der Waals surface area (Å²) in [5, 5.41) is 0.911. The van der Waals surface area contributed by atoms with Gasteiger partial charge < -0.3 is 13.9 Å². The summed E-state index contributed by atoms with van der Waals surface area (Å²) in [5.41, 5.74) is 1.93. The van der Waals surface area contributed by atoms with Gasteiger partial charge in [-0.15, -0.1) is 0 Å². The highest BCUT2D eigenvalue weighted by Crippen LogP contribution is 2.62. The Morgan fingerprint density at radius 3 is 2.91 bits per heavy atom. The topological polar surface area (TPSA) is 48.7 Å². The molecular weight excluding hydrogens is 292 g/mol. The SMILES string of the molecule is Cc1cccc2oc(=O)c3c(c12)OC1(C)O[C@H]3[C@@H]2[C@@H](C)CC[C@@H]21. The lowest BCUT2D eigenvalue weighted by molar-refractivity contribution is -0.196. The standard InChI is InChI=1S/C19H20O4/c1-9-5-4-6-12-14(9)17-15(18(20)21-12)16-13-10(2)7-8-11(13)19(3,22-16)23-17/h4-6,10-11,13,16H,7-8H2,1-3H3/t10-,11-,13+,16-,19?/m0/s1. The summed E-state index contributed by atoms with van der Waals surface area (Å²) < 4.78 is 18.2. The minimum absolute atomic E-state index is 0.202. The van der Waals surface area contributed by atoms with E-state index in [1.165, 1.54) is 6.42 Å². The Bertz CT molecular complexity index is 883. The van der Waals surface area contributed by atoms with Crippen molar-refractivity contribution in [2.75, 3.05) is 0 Å². The Hall–Kier alpha value is -1.81. The molecule has 2 aromatic rings. The summed E-state index contributed by atoms with van der Waals surface area (Å²) in [6.07, 6.45) is 2.06. The lowest BCUT2D eigenvalue weighted by atomic mass is 9.83. The van der Waals surface area contributed by atoms with Gasteiger partial charge in [0.15, 0.2) is 0 Å². The first-order chi connectivity index (χ1) is 11.0. The summed E-state index contributed by atoms with van der Waals surface area (Å²) in [5.74, 6) is 1.28. The van der Waals surface area contributed by atoms with E-state index in [1.54, 1.807) is 0 Å². The van der Waals surface area contributed by atoms with Crippen molar-refractivity contribution < 1.29 is 13.9 Å². The molecule has 0 spiro atoms. The molecule has 1 saturated carbocycles. The normalized spacial score (nSPS) is 37.5. The second-order valence-corrected chi connectivity index (χ2v) is 7.48.